The normalized spacial score (nSPS) is 11.0. The quantitative estimate of drug-likeness (QED) is 0.709. The van der Waals surface area contributed by atoms with Crippen LogP contribution >= 0.6 is 23.2 Å². The fourth-order valence-corrected chi connectivity index (χ4v) is 3.40. The number of anilines is 1. The molecule has 0 spiro atoms. The molecule has 0 aliphatic heterocycles. The summed E-state index contributed by atoms with van der Waals surface area (Å²) in [4.78, 5) is 11.4. The maximum Gasteiger partial charge on any atom is 0.271 e. The van der Waals surface area contributed by atoms with Gasteiger partial charge in [0.25, 0.3) is 5.91 Å². The van der Waals surface area contributed by atoms with Crippen molar-refractivity contribution in [3.8, 4) is 0 Å². The van der Waals surface area contributed by atoms with Crippen LogP contribution in [-0.2, 0) is 12.8 Å². The summed E-state index contributed by atoms with van der Waals surface area (Å²) in [6, 6.07) is 11.2. The van der Waals surface area contributed by atoms with Crippen molar-refractivity contribution < 1.29 is 4.79 Å². The average molecular weight is 375 g/mol. The summed E-state index contributed by atoms with van der Waals surface area (Å²) in [7, 11) is 0. The molecule has 1 heterocycles. The maximum absolute atomic E-state index is 11.4. The van der Waals surface area contributed by atoms with Gasteiger partial charge in [-0.3, -0.25) is 4.79 Å². The van der Waals surface area contributed by atoms with Crippen molar-refractivity contribution in [3.05, 3.63) is 63.3 Å². The molecule has 0 bridgehead atoms. The first-order valence-corrected chi connectivity index (χ1v) is 8.50. The molecule has 1 aromatic heterocycles. The Bertz CT molecular complexity index is 939. The average Bonchev–Trinajstić information content (AvgIpc) is 2.54. The zero-order valence-corrected chi connectivity index (χ0v) is 14.8. The molecule has 1 amide bonds. The number of halogens is 2. The van der Waals surface area contributed by atoms with Crippen molar-refractivity contribution in [2.24, 2.45) is 5.73 Å². The van der Waals surface area contributed by atoms with Crippen LogP contribution in [-0.4, -0.2) is 16.1 Å². The predicted molar refractivity (Wildman–Crippen MR) is 101 cm³/mol. The molecule has 7 heteroatoms. The van der Waals surface area contributed by atoms with Gasteiger partial charge in [-0.2, -0.15) is 0 Å². The highest BCUT2D eigenvalue weighted by molar-refractivity contribution is 6.34. The summed E-state index contributed by atoms with van der Waals surface area (Å²) in [5.74, 6) is -0.685. The van der Waals surface area contributed by atoms with E-state index in [4.69, 9.17) is 34.7 Å². The number of primary amides is 1. The minimum absolute atomic E-state index is 0.00165. The van der Waals surface area contributed by atoms with E-state index in [0.717, 1.165) is 30.4 Å². The van der Waals surface area contributed by atoms with E-state index in [1.807, 2.05) is 30.3 Å². The van der Waals surface area contributed by atoms with Crippen molar-refractivity contribution in [1.82, 2.24) is 10.2 Å². The standard InChI is InChI=1S/C18H16Cl2N4O/c19-12-7-10(8-13(20)9-12)3-1-4-11-5-2-6-14-15(21)17(18(22)25)24-23-16(11)14/h2,5-9H,1,3-4H2,(H2,21,23)(H2,22,25). The van der Waals surface area contributed by atoms with Crippen molar-refractivity contribution in [2.45, 2.75) is 19.3 Å². The van der Waals surface area contributed by atoms with Crippen LogP contribution in [0, 0.1) is 0 Å². The minimum atomic E-state index is -0.685. The molecule has 0 aliphatic rings. The van der Waals surface area contributed by atoms with E-state index >= 15 is 0 Å². The number of rotatable bonds is 5. The van der Waals surface area contributed by atoms with Gasteiger partial charge in [0.1, 0.15) is 0 Å². The van der Waals surface area contributed by atoms with Crippen LogP contribution < -0.4 is 11.5 Å². The minimum Gasteiger partial charge on any atom is -0.396 e. The molecule has 128 valence electrons. The lowest BCUT2D eigenvalue weighted by molar-refractivity contribution is 0.0996. The molecule has 0 fully saturated rings. The van der Waals surface area contributed by atoms with E-state index < -0.39 is 5.91 Å². The second kappa shape index (κ2) is 7.25. The second-order valence-electron chi connectivity index (χ2n) is 5.77. The molecule has 25 heavy (non-hydrogen) atoms. The van der Waals surface area contributed by atoms with Crippen molar-refractivity contribution in [1.29, 1.82) is 0 Å². The highest BCUT2D eigenvalue weighted by atomic mass is 35.5. The Kier molecular flexibility index (Phi) is 5.06. The first-order valence-electron chi connectivity index (χ1n) is 7.74. The van der Waals surface area contributed by atoms with Gasteiger partial charge >= 0.3 is 0 Å². The van der Waals surface area contributed by atoms with E-state index in [9.17, 15) is 4.79 Å². The number of hydrogen-bond acceptors (Lipinski definition) is 4. The summed E-state index contributed by atoms with van der Waals surface area (Å²) < 4.78 is 0. The van der Waals surface area contributed by atoms with Gasteiger partial charge in [0.05, 0.1) is 11.2 Å². The van der Waals surface area contributed by atoms with Gasteiger partial charge in [0.15, 0.2) is 5.69 Å². The molecular weight excluding hydrogens is 359 g/mol. The van der Waals surface area contributed by atoms with E-state index in [1.165, 1.54) is 0 Å². The lowest BCUT2D eigenvalue weighted by Crippen LogP contribution is -2.17. The number of aromatic nitrogens is 2. The summed E-state index contributed by atoms with van der Waals surface area (Å²) in [6.07, 6.45) is 2.50. The largest absolute Gasteiger partial charge is 0.396 e. The van der Waals surface area contributed by atoms with E-state index in [1.54, 1.807) is 6.07 Å². The SMILES string of the molecule is NC(=O)c1nnc2c(CCCc3cc(Cl)cc(Cl)c3)cccc2c1N. The van der Waals surface area contributed by atoms with E-state index in [2.05, 4.69) is 10.2 Å². The molecule has 0 saturated heterocycles. The Labute approximate surface area is 154 Å². The molecule has 0 atom stereocenters. The molecule has 4 N–H and O–H groups in total. The zero-order chi connectivity index (χ0) is 18.0. The van der Waals surface area contributed by atoms with Crippen molar-refractivity contribution in [2.75, 3.05) is 5.73 Å². The molecular formula is C18H16Cl2N4O. The zero-order valence-electron chi connectivity index (χ0n) is 13.3. The second-order valence-corrected chi connectivity index (χ2v) is 6.64. The van der Waals surface area contributed by atoms with E-state index in [0.29, 0.717) is 20.9 Å². The number of hydrogen-bond donors (Lipinski definition) is 2. The Morgan fingerprint density at radius 1 is 1.04 bits per heavy atom. The third-order valence-corrected chi connectivity index (χ3v) is 4.42. The van der Waals surface area contributed by atoms with Crippen LogP contribution in [0.4, 0.5) is 5.69 Å². The first-order chi connectivity index (χ1) is 12.0. The van der Waals surface area contributed by atoms with Crippen LogP contribution in [0.5, 0.6) is 0 Å². The van der Waals surface area contributed by atoms with Crippen LogP contribution in [0.15, 0.2) is 36.4 Å². The molecule has 0 unspecified atom stereocenters. The fourth-order valence-electron chi connectivity index (χ4n) is 2.83. The molecule has 0 saturated carbocycles. The summed E-state index contributed by atoms with van der Waals surface area (Å²) in [6.45, 7) is 0. The van der Waals surface area contributed by atoms with Crippen LogP contribution in [0.2, 0.25) is 10.0 Å². The number of carbonyl (C=O) groups is 1. The van der Waals surface area contributed by atoms with Gasteiger partial charge in [-0.05, 0) is 48.6 Å². The maximum atomic E-state index is 11.4. The topological polar surface area (TPSA) is 94.9 Å². The van der Waals surface area contributed by atoms with E-state index in [-0.39, 0.29) is 11.4 Å². The highest BCUT2D eigenvalue weighted by Crippen LogP contribution is 2.25. The van der Waals surface area contributed by atoms with Gasteiger partial charge in [0, 0.05) is 15.4 Å². The lowest BCUT2D eigenvalue weighted by Gasteiger charge is -2.09. The van der Waals surface area contributed by atoms with Crippen LogP contribution in [0.3, 0.4) is 0 Å². The number of carbonyl (C=O) groups excluding carboxylic acids is 1. The summed E-state index contributed by atoms with van der Waals surface area (Å²) in [5.41, 5.74) is 14.3. The first kappa shape index (κ1) is 17.5. The molecule has 0 aliphatic carbocycles. The number of fused-ring (bicyclic) bond motifs is 1. The van der Waals surface area contributed by atoms with Crippen molar-refractivity contribution >= 4 is 45.7 Å². The van der Waals surface area contributed by atoms with Gasteiger partial charge in [-0.15, -0.1) is 10.2 Å². The lowest BCUT2D eigenvalue weighted by atomic mass is 10.0. The smallest absolute Gasteiger partial charge is 0.271 e. The number of nitrogens with zero attached hydrogens (tertiary/aromatic N) is 2. The highest BCUT2D eigenvalue weighted by Gasteiger charge is 2.14. The molecule has 0 radical (unpaired) electrons. The van der Waals surface area contributed by atoms with Gasteiger partial charge in [-0.25, -0.2) is 0 Å². The Hall–Kier alpha value is -2.37. The number of benzene rings is 2. The number of nitrogens with two attached hydrogens (primary N) is 2. The third kappa shape index (κ3) is 3.83. The predicted octanol–water partition coefficient (Wildman–Crippen LogP) is 3.79. The summed E-state index contributed by atoms with van der Waals surface area (Å²) >= 11 is 12.1. The third-order valence-electron chi connectivity index (χ3n) is 3.98. The number of nitrogen functional groups attached to an aromatic ring is 1. The van der Waals surface area contributed by atoms with Crippen LogP contribution in [0.1, 0.15) is 28.0 Å². The Morgan fingerprint density at radius 2 is 1.76 bits per heavy atom. The summed E-state index contributed by atoms with van der Waals surface area (Å²) in [5, 5.41) is 9.96. The Balaban J connectivity index is 1.82. The molecule has 2 aromatic carbocycles. The van der Waals surface area contributed by atoms with Crippen molar-refractivity contribution in [3.63, 3.8) is 0 Å². The number of aryl methyl sites for hydroxylation is 2. The molecule has 3 aromatic rings. The fraction of sp³-hybridized carbons (Fsp3) is 0.167. The molecule has 3 rings (SSSR count). The van der Waals surface area contributed by atoms with Gasteiger partial charge < -0.3 is 11.5 Å². The van der Waals surface area contributed by atoms with Crippen LogP contribution in [0.25, 0.3) is 10.9 Å². The molecule has 5 nitrogen and oxygen atoms in total. The van der Waals surface area contributed by atoms with Gasteiger partial charge in [0.2, 0.25) is 0 Å². The number of amides is 1. The Morgan fingerprint density at radius 3 is 2.44 bits per heavy atom. The van der Waals surface area contributed by atoms with Gasteiger partial charge in [-0.1, -0.05) is 41.4 Å². The monoisotopic (exact) mass is 374 g/mol.